The van der Waals surface area contributed by atoms with Crippen LogP contribution in [0.25, 0.3) is 0 Å². The Balaban J connectivity index is 2.55. The molecular formula is C13H25N3. The molecule has 0 saturated heterocycles. The highest BCUT2D eigenvalue weighted by Crippen LogP contribution is 2.06. The first-order valence-electron chi connectivity index (χ1n) is 6.27. The van der Waals surface area contributed by atoms with Gasteiger partial charge in [0.15, 0.2) is 0 Å². The lowest BCUT2D eigenvalue weighted by Crippen LogP contribution is -2.38. The van der Waals surface area contributed by atoms with Crippen LogP contribution < -0.4 is 5.32 Å². The highest BCUT2D eigenvalue weighted by Gasteiger charge is 2.09. The molecule has 1 aromatic heterocycles. The van der Waals surface area contributed by atoms with Crippen LogP contribution in [0.1, 0.15) is 46.0 Å². The molecule has 0 atom stereocenters. The number of aryl methyl sites for hydroxylation is 2. The molecule has 1 N–H and O–H groups in total. The van der Waals surface area contributed by atoms with Crippen molar-refractivity contribution in [2.24, 2.45) is 0 Å². The van der Waals surface area contributed by atoms with E-state index in [-0.39, 0.29) is 5.54 Å². The fourth-order valence-electron chi connectivity index (χ4n) is 1.70. The van der Waals surface area contributed by atoms with Crippen molar-refractivity contribution in [3.05, 3.63) is 17.5 Å². The highest BCUT2D eigenvalue weighted by molar-refractivity contribution is 5.10. The maximum atomic E-state index is 4.60. The van der Waals surface area contributed by atoms with Crippen molar-refractivity contribution in [2.75, 3.05) is 6.54 Å². The molecule has 92 valence electrons. The molecule has 16 heavy (non-hydrogen) atoms. The highest BCUT2D eigenvalue weighted by atomic mass is 15.3. The number of hydrogen-bond acceptors (Lipinski definition) is 2. The van der Waals surface area contributed by atoms with E-state index in [0.717, 1.165) is 25.9 Å². The monoisotopic (exact) mass is 223 g/mol. The fraction of sp³-hybridized carbons (Fsp3) is 0.769. The van der Waals surface area contributed by atoms with E-state index in [2.05, 4.69) is 55.8 Å². The maximum absolute atomic E-state index is 4.60. The van der Waals surface area contributed by atoms with E-state index in [4.69, 9.17) is 0 Å². The molecule has 0 amide bonds. The summed E-state index contributed by atoms with van der Waals surface area (Å²) in [5.74, 6) is 0. The van der Waals surface area contributed by atoms with Crippen LogP contribution in [0.3, 0.4) is 0 Å². The summed E-state index contributed by atoms with van der Waals surface area (Å²) in [5, 5.41) is 8.08. The zero-order chi connectivity index (χ0) is 12.2. The Morgan fingerprint density at radius 1 is 1.25 bits per heavy atom. The minimum atomic E-state index is 0.188. The number of nitrogens with one attached hydrogen (secondary N) is 1. The van der Waals surface area contributed by atoms with Crippen molar-refractivity contribution in [2.45, 2.75) is 59.5 Å². The van der Waals surface area contributed by atoms with Crippen LogP contribution in [-0.2, 0) is 19.4 Å². The Hall–Kier alpha value is -0.830. The largest absolute Gasteiger partial charge is 0.310 e. The lowest BCUT2D eigenvalue weighted by atomic mass is 10.1. The van der Waals surface area contributed by atoms with Gasteiger partial charge >= 0.3 is 0 Å². The van der Waals surface area contributed by atoms with Gasteiger partial charge in [-0.15, -0.1) is 0 Å². The molecule has 3 heteroatoms. The third-order valence-corrected chi connectivity index (χ3v) is 2.62. The lowest BCUT2D eigenvalue weighted by Gasteiger charge is -2.20. The van der Waals surface area contributed by atoms with Crippen LogP contribution in [0.15, 0.2) is 6.07 Å². The minimum Gasteiger partial charge on any atom is -0.310 e. The Morgan fingerprint density at radius 3 is 2.44 bits per heavy atom. The van der Waals surface area contributed by atoms with E-state index in [0.29, 0.717) is 0 Å². The molecular weight excluding hydrogens is 198 g/mol. The average molecular weight is 223 g/mol. The van der Waals surface area contributed by atoms with Crippen molar-refractivity contribution in [3.63, 3.8) is 0 Å². The quantitative estimate of drug-likeness (QED) is 0.830. The Bertz CT molecular complexity index is 320. The molecule has 0 radical (unpaired) electrons. The molecule has 1 rings (SSSR count). The van der Waals surface area contributed by atoms with Crippen molar-refractivity contribution >= 4 is 0 Å². The van der Waals surface area contributed by atoms with Gasteiger partial charge < -0.3 is 5.32 Å². The van der Waals surface area contributed by atoms with Gasteiger partial charge in [0.1, 0.15) is 0 Å². The van der Waals surface area contributed by atoms with Crippen LogP contribution in [0.2, 0.25) is 0 Å². The number of nitrogens with zero attached hydrogens (tertiary/aromatic N) is 2. The first-order valence-corrected chi connectivity index (χ1v) is 6.27. The summed E-state index contributed by atoms with van der Waals surface area (Å²) in [5.41, 5.74) is 2.73. The lowest BCUT2D eigenvalue weighted by molar-refractivity contribution is 0.402. The molecule has 0 aliphatic carbocycles. The van der Waals surface area contributed by atoms with Crippen LogP contribution in [-0.4, -0.2) is 21.9 Å². The topological polar surface area (TPSA) is 29.9 Å². The van der Waals surface area contributed by atoms with Gasteiger partial charge in [0, 0.05) is 17.8 Å². The summed E-state index contributed by atoms with van der Waals surface area (Å²) < 4.78 is 2.14. The van der Waals surface area contributed by atoms with E-state index in [1.165, 1.54) is 11.4 Å². The van der Waals surface area contributed by atoms with E-state index in [1.807, 2.05) is 0 Å². The van der Waals surface area contributed by atoms with E-state index < -0.39 is 0 Å². The standard InChI is InChI=1S/C13H25N3/c1-6-11-10-12(7-2)16(15-11)9-8-14-13(3,4)5/h10,14H,6-9H2,1-5H3. The normalized spacial score (nSPS) is 12.1. The summed E-state index contributed by atoms with van der Waals surface area (Å²) in [6, 6.07) is 2.22. The first kappa shape index (κ1) is 13.2. The third kappa shape index (κ3) is 3.97. The second-order valence-electron chi connectivity index (χ2n) is 5.23. The predicted octanol–water partition coefficient (Wildman–Crippen LogP) is 2.40. The Labute approximate surface area is 99.2 Å². The van der Waals surface area contributed by atoms with Crippen LogP contribution >= 0.6 is 0 Å². The molecule has 1 heterocycles. The van der Waals surface area contributed by atoms with E-state index >= 15 is 0 Å². The van der Waals surface area contributed by atoms with Gasteiger partial charge in [0.25, 0.3) is 0 Å². The summed E-state index contributed by atoms with van der Waals surface area (Å²) in [7, 11) is 0. The van der Waals surface area contributed by atoms with Gasteiger partial charge in [0.05, 0.1) is 12.2 Å². The van der Waals surface area contributed by atoms with Crippen LogP contribution in [0.5, 0.6) is 0 Å². The molecule has 3 nitrogen and oxygen atoms in total. The average Bonchev–Trinajstić information content (AvgIpc) is 2.58. The smallest absolute Gasteiger partial charge is 0.0624 e. The zero-order valence-corrected chi connectivity index (χ0v) is 11.3. The van der Waals surface area contributed by atoms with Crippen molar-refractivity contribution in [1.82, 2.24) is 15.1 Å². The number of hydrogen-bond donors (Lipinski definition) is 1. The third-order valence-electron chi connectivity index (χ3n) is 2.62. The van der Waals surface area contributed by atoms with E-state index in [1.54, 1.807) is 0 Å². The Morgan fingerprint density at radius 2 is 1.94 bits per heavy atom. The van der Waals surface area contributed by atoms with Gasteiger partial charge in [-0.2, -0.15) is 5.10 Å². The first-order chi connectivity index (χ1) is 7.46. The summed E-state index contributed by atoms with van der Waals surface area (Å²) in [6.07, 6.45) is 2.08. The molecule has 0 spiro atoms. The summed E-state index contributed by atoms with van der Waals surface area (Å²) >= 11 is 0. The maximum Gasteiger partial charge on any atom is 0.0624 e. The second kappa shape index (κ2) is 5.48. The van der Waals surface area contributed by atoms with Gasteiger partial charge in [-0.1, -0.05) is 13.8 Å². The zero-order valence-electron chi connectivity index (χ0n) is 11.3. The van der Waals surface area contributed by atoms with Crippen molar-refractivity contribution in [1.29, 1.82) is 0 Å². The van der Waals surface area contributed by atoms with E-state index in [9.17, 15) is 0 Å². The molecule has 0 aliphatic heterocycles. The van der Waals surface area contributed by atoms with Gasteiger partial charge in [-0.05, 0) is 39.7 Å². The van der Waals surface area contributed by atoms with Crippen LogP contribution in [0, 0.1) is 0 Å². The molecule has 0 bridgehead atoms. The summed E-state index contributed by atoms with van der Waals surface area (Å²) in [6.45, 7) is 12.8. The van der Waals surface area contributed by atoms with Gasteiger partial charge in [-0.25, -0.2) is 0 Å². The SMILES string of the molecule is CCc1cc(CC)n(CCNC(C)(C)C)n1. The molecule has 1 aromatic rings. The van der Waals surface area contributed by atoms with Crippen LogP contribution in [0.4, 0.5) is 0 Å². The van der Waals surface area contributed by atoms with Crippen molar-refractivity contribution < 1.29 is 0 Å². The fourth-order valence-corrected chi connectivity index (χ4v) is 1.70. The number of aromatic nitrogens is 2. The molecule has 0 fully saturated rings. The Kier molecular flexibility index (Phi) is 4.54. The summed E-state index contributed by atoms with van der Waals surface area (Å²) in [4.78, 5) is 0. The molecule has 0 saturated carbocycles. The predicted molar refractivity (Wildman–Crippen MR) is 68.7 cm³/mol. The van der Waals surface area contributed by atoms with Crippen molar-refractivity contribution in [3.8, 4) is 0 Å². The molecule has 0 aliphatic rings. The molecule has 0 aromatic carbocycles. The van der Waals surface area contributed by atoms with Gasteiger partial charge in [-0.3, -0.25) is 4.68 Å². The molecule has 0 unspecified atom stereocenters. The van der Waals surface area contributed by atoms with Gasteiger partial charge in [0.2, 0.25) is 0 Å². The minimum absolute atomic E-state index is 0.188. The number of rotatable bonds is 5. The second-order valence-corrected chi connectivity index (χ2v) is 5.23.